The van der Waals surface area contributed by atoms with Crippen molar-refractivity contribution in [1.29, 1.82) is 0 Å². The molecule has 0 saturated carbocycles. The van der Waals surface area contributed by atoms with Crippen molar-refractivity contribution in [1.82, 2.24) is 10.2 Å². The van der Waals surface area contributed by atoms with Gasteiger partial charge < -0.3 is 0 Å². The van der Waals surface area contributed by atoms with Gasteiger partial charge in [-0.3, -0.25) is 0 Å². The van der Waals surface area contributed by atoms with Crippen molar-refractivity contribution < 1.29 is 0 Å². The molecule has 0 bridgehead atoms. The van der Waals surface area contributed by atoms with E-state index in [0.29, 0.717) is 0 Å². The van der Waals surface area contributed by atoms with Crippen LogP contribution in [-0.4, -0.2) is 10.2 Å². The van der Waals surface area contributed by atoms with Gasteiger partial charge >= 0.3 is 0 Å². The molecule has 0 unspecified atom stereocenters. The van der Waals surface area contributed by atoms with E-state index >= 15 is 0 Å². The predicted octanol–water partition coefficient (Wildman–Crippen LogP) is 4.90. The summed E-state index contributed by atoms with van der Waals surface area (Å²) in [6, 6.07) is 16.9. The third kappa shape index (κ3) is 2.80. The second kappa shape index (κ2) is 4.96. The smallest absolute Gasteiger partial charge is 0.0936 e. The molecule has 3 aromatic rings. The maximum Gasteiger partial charge on any atom is 0.0936 e. The first-order valence-electron chi connectivity index (χ1n) is 7.28. The van der Waals surface area contributed by atoms with Gasteiger partial charge in [0.25, 0.3) is 0 Å². The van der Waals surface area contributed by atoms with E-state index < -0.39 is 0 Å². The van der Waals surface area contributed by atoms with Crippen molar-refractivity contribution in [3.8, 4) is 11.3 Å². The Labute approximate surface area is 125 Å². The van der Waals surface area contributed by atoms with E-state index in [1.54, 1.807) is 0 Å². The lowest BCUT2D eigenvalue weighted by atomic mass is 9.85. The van der Waals surface area contributed by atoms with Crippen molar-refractivity contribution >= 4 is 10.9 Å². The number of benzene rings is 2. The number of aryl methyl sites for hydroxylation is 1. The van der Waals surface area contributed by atoms with E-state index in [4.69, 9.17) is 0 Å². The largest absolute Gasteiger partial charge is 0.150 e. The van der Waals surface area contributed by atoms with Crippen LogP contribution in [0.3, 0.4) is 0 Å². The van der Waals surface area contributed by atoms with Crippen LogP contribution in [0.1, 0.15) is 31.9 Å². The molecule has 0 aliphatic heterocycles. The zero-order chi connectivity index (χ0) is 15.0. The van der Waals surface area contributed by atoms with Crippen molar-refractivity contribution in [2.75, 3.05) is 0 Å². The van der Waals surface area contributed by atoms with E-state index in [-0.39, 0.29) is 5.41 Å². The molecule has 21 heavy (non-hydrogen) atoms. The molecule has 1 aromatic heterocycles. The number of hydrogen-bond donors (Lipinski definition) is 0. The maximum atomic E-state index is 4.39. The molecule has 0 atom stereocenters. The highest BCUT2D eigenvalue weighted by molar-refractivity contribution is 5.81. The first kappa shape index (κ1) is 13.7. The van der Waals surface area contributed by atoms with Crippen LogP contribution in [0.25, 0.3) is 22.2 Å². The van der Waals surface area contributed by atoms with Crippen LogP contribution < -0.4 is 0 Å². The first-order valence-corrected chi connectivity index (χ1v) is 7.28. The normalized spacial score (nSPS) is 11.8. The highest BCUT2D eigenvalue weighted by Gasteiger charge is 2.15. The van der Waals surface area contributed by atoms with Gasteiger partial charge in [0.05, 0.1) is 11.2 Å². The zero-order valence-electron chi connectivity index (χ0n) is 13.0. The van der Waals surface area contributed by atoms with Gasteiger partial charge in [0.2, 0.25) is 0 Å². The van der Waals surface area contributed by atoms with Gasteiger partial charge in [0.1, 0.15) is 0 Å². The predicted molar refractivity (Wildman–Crippen MR) is 88.4 cm³/mol. The molecular formula is C19H20N2. The van der Waals surface area contributed by atoms with Crippen LogP contribution >= 0.6 is 0 Å². The lowest BCUT2D eigenvalue weighted by Gasteiger charge is -2.20. The van der Waals surface area contributed by atoms with Crippen LogP contribution in [0, 0.1) is 6.92 Å². The Hall–Kier alpha value is -2.22. The lowest BCUT2D eigenvalue weighted by Crippen LogP contribution is -2.11. The summed E-state index contributed by atoms with van der Waals surface area (Å²) in [4.78, 5) is 0. The molecule has 0 aliphatic rings. The number of rotatable bonds is 1. The Kier molecular flexibility index (Phi) is 3.25. The molecule has 2 heteroatoms. The topological polar surface area (TPSA) is 25.8 Å². The van der Waals surface area contributed by atoms with E-state index in [0.717, 1.165) is 22.2 Å². The molecule has 2 aromatic carbocycles. The Morgan fingerprint density at radius 1 is 0.857 bits per heavy atom. The van der Waals surface area contributed by atoms with E-state index in [2.05, 4.69) is 68.2 Å². The van der Waals surface area contributed by atoms with Crippen LogP contribution in [0.15, 0.2) is 48.5 Å². The Balaban J connectivity index is 2.16. The molecule has 0 radical (unpaired) electrons. The summed E-state index contributed by atoms with van der Waals surface area (Å²) in [5, 5.41) is 9.85. The third-order valence-electron chi connectivity index (χ3n) is 3.73. The fourth-order valence-corrected chi connectivity index (χ4v) is 2.49. The SMILES string of the molecule is Cc1cc(-c2cc3ccccc3nn2)cc(C(C)(C)C)c1. The van der Waals surface area contributed by atoms with Gasteiger partial charge in [-0.15, -0.1) is 10.2 Å². The fraction of sp³-hybridized carbons (Fsp3) is 0.263. The maximum absolute atomic E-state index is 4.39. The third-order valence-corrected chi connectivity index (χ3v) is 3.73. The first-order chi connectivity index (χ1) is 9.93. The zero-order valence-corrected chi connectivity index (χ0v) is 13.0. The van der Waals surface area contributed by atoms with Crippen molar-refractivity contribution in [2.45, 2.75) is 33.1 Å². The van der Waals surface area contributed by atoms with Gasteiger partial charge in [-0.25, -0.2) is 0 Å². The van der Waals surface area contributed by atoms with Crippen molar-refractivity contribution in [2.24, 2.45) is 0 Å². The monoisotopic (exact) mass is 276 g/mol. The van der Waals surface area contributed by atoms with Crippen molar-refractivity contribution in [3.63, 3.8) is 0 Å². The quantitative estimate of drug-likeness (QED) is 0.631. The molecule has 0 aliphatic carbocycles. The summed E-state index contributed by atoms with van der Waals surface area (Å²) >= 11 is 0. The Morgan fingerprint density at radius 2 is 1.62 bits per heavy atom. The second-order valence-corrected chi connectivity index (χ2v) is 6.63. The molecular weight excluding hydrogens is 256 g/mol. The molecule has 0 saturated heterocycles. The minimum absolute atomic E-state index is 0.130. The van der Waals surface area contributed by atoms with E-state index in [1.165, 1.54) is 11.1 Å². The van der Waals surface area contributed by atoms with Crippen LogP contribution in [0.4, 0.5) is 0 Å². The minimum atomic E-state index is 0.130. The summed E-state index contributed by atoms with van der Waals surface area (Å²) < 4.78 is 0. The summed E-state index contributed by atoms with van der Waals surface area (Å²) in [5.74, 6) is 0. The highest BCUT2D eigenvalue weighted by atomic mass is 15.1. The summed E-state index contributed by atoms with van der Waals surface area (Å²) in [6.07, 6.45) is 0. The summed E-state index contributed by atoms with van der Waals surface area (Å²) in [6.45, 7) is 8.83. The minimum Gasteiger partial charge on any atom is -0.150 e. The van der Waals surface area contributed by atoms with Gasteiger partial charge in [0.15, 0.2) is 0 Å². The summed E-state index contributed by atoms with van der Waals surface area (Å²) in [7, 11) is 0. The molecule has 1 heterocycles. The average Bonchev–Trinajstić information content (AvgIpc) is 2.45. The number of nitrogens with zero attached hydrogens (tertiary/aromatic N) is 2. The Bertz CT molecular complexity index is 798. The average molecular weight is 276 g/mol. The second-order valence-electron chi connectivity index (χ2n) is 6.63. The van der Waals surface area contributed by atoms with Crippen molar-refractivity contribution in [3.05, 3.63) is 59.7 Å². The number of aromatic nitrogens is 2. The van der Waals surface area contributed by atoms with E-state index in [1.807, 2.05) is 18.2 Å². The van der Waals surface area contributed by atoms with Gasteiger partial charge in [-0.1, -0.05) is 50.6 Å². The van der Waals surface area contributed by atoms with Crippen LogP contribution in [-0.2, 0) is 5.41 Å². The van der Waals surface area contributed by atoms with Gasteiger partial charge in [-0.2, -0.15) is 0 Å². The standard InChI is InChI=1S/C19H20N2/c1-13-9-15(11-16(10-13)19(2,3)4)18-12-14-7-5-6-8-17(14)20-21-18/h5-12H,1-4H3. The fourth-order valence-electron chi connectivity index (χ4n) is 2.49. The lowest BCUT2D eigenvalue weighted by molar-refractivity contribution is 0.590. The number of fused-ring (bicyclic) bond motifs is 1. The molecule has 0 amide bonds. The van der Waals surface area contributed by atoms with Crippen LogP contribution in [0.5, 0.6) is 0 Å². The molecule has 2 nitrogen and oxygen atoms in total. The number of hydrogen-bond acceptors (Lipinski definition) is 2. The molecule has 0 fully saturated rings. The van der Waals surface area contributed by atoms with Crippen LogP contribution in [0.2, 0.25) is 0 Å². The van der Waals surface area contributed by atoms with E-state index in [9.17, 15) is 0 Å². The molecule has 0 N–H and O–H groups in total. The highest BCUT2D eigenvalue weighted by Crippen LogP contribution is 2.29. The molecule has 106 valence electrons. The van der Waals surface area contributed by atoms with Gasteiger partial charge in [0, 0.05) is 10.9 Å². The van der Waals surface area contributed by atoms with Gasteiger partial charge in [-0.05, 0) is 42.2 Å². The molecule has 0 spiro atoms. The summed E-state index contributed by atoms with van der Waals surface area (Å²) in [5.41, 5.74) is 5.72. The molecule has 3 rings (SSSR count). The Morgan fingerprint density at radius 3 is 2.38 bits per heavy atom.